The molecule has 0 saturated carbocycles. The number of benzene rings is 1. The number of hydrogen-bond acceptors (Lipinski definition) is 3. The van der Waals surface area contributed by atoms with Crippen LogP contribution < -0.4 is 5.32 Å². The first kappa shape index (κ1) is 14.7. The Morgan fingerprint density at radius 1 is 1.45 bits per heavy atom. The number of urea groups is 1. The Hall–Kier alpha value is -1.75. The maximum Gasteiger partial charge on any atom is 0.317 e. The molecule has 110 valence electrons. The highest BCUT2D eigenvalue weighted by atomic mass is 16.3. The van der Waals surface area contributed by atoms with Crippen LogP contribution >= 0.6 is 0 Å². The summed E-state index contributed by atoms with van der Waals surface area (Å²) in [5, 5.41) is 21.4. The van der Waals surface area contributed by atoms with Gasteiger partial charge in [-0.25, -0.2) is 4.79 Å². The number of hydrogen-bond donors (Lipinski definition) is 3. The lowest BCUT2D eigenvalue weighted by molar-refractivity contribution is 0.155. The normalized spacial score (nSPS) is 19.9. The summed E-state index contributed by atoms with van der Waals surface area (Å²) in [5.74, 6) is 0.244. The van der Waals surface area contributed by atoms with Gasteiger partial charge in [-0.1, -0.05) is 12.1 Å². The maximum absolute atomic E-state index is 12.1. The largest absolute Gasteiger partial charge is 0.508 e. The molecule has 2 rings (SSSR count). The number of aliphatic hydroxyl groups is 1. The van der Waals surface area contributed by atoms with Crippen molar-refractivity contribution in [2.75, 3.05) is 13.2 Å². The first-order valence-electron chi connectivity index (χ1n) is 7.06. The molecule has 2 amide bonds. The summed E-state index contributed by atoms with van der Waals surface area (Å²) >= 11 is 0. The molecule has 1 saturated heterocycles. The van der Waals surface area contributed by atoms with E-state index < -0.39 is 0 Å². The van der Waals surface area contributed by atoms with E-state index in [9.17, 15) is 15.0 Å². The highest BCUT2D eigenvalue weighted by Crippen LogP contribution is 2.17. The lowest BCUT2D eigenvalue weighted by atomic mass is 10.1. The predicted octanol–water partition coefficient (Wildman–Crippen LogP) is 1.49. The third-order valence-corrected chi connectivity index (χ3v) is 3.70. The van der Waals surface area contributed by atoms with Gasteiger partial charge < -0.3 is 20.4 Å². The van der Waals surface area contributed by atoms with Gasteiger partial charge in [-0.05, 0) is 43.9 Å². The molecule has 5 nitrogen and oxygen atoms in total. The third kappa shape index (κ3) is 3.63. The summed E-state index contributed by atoms with van der Waals surface area (Å²) in [4.78, 5) is 13.8. The number of carbonyl (C=O) groups excluding carboxylic acids is 1. The highest BCUT2D eigenvalue weighted by molar-refractivity contribution is 5.75. The number of carbonyl (C=O) groups is 1. The Labute approximate surface area is 119 Å². The Morgan fingerprint density at radius 2 is 2.15 bits per heavy atom. The fourth-order valence-corrected chi connectivity index (χ4v) is 2.62. The number of phenolic OH excluding ortho intramolecular Hbond substituents is 1. The molecule has 0 bridgehead atoms. The van der Waals surface area contributed by atoms with Crippen molar-refractivity contribution in [3.05, 3.63) is 29.8 Å². The Bertz CT molecular complexity index is 447. The van der Waals surface area contributed by atoms with Crippen molar-refractivity contribution in [1.29, 1.82) is 0 Å². The summed E-state index contributed by atoms with van der Waals surface area (Å²) in [6, 6.07) is 6.85. The van der Waals surface area contributed by atoms with E-state index in [-0.39, 0.29) is 30.5 Å². The standard InChI is InChI=1S/C15H22N2O3/c1-11(9-12-4-6-14(19)7-5-12)16-15(20)17-8-2-3-13(17)10-18/h4-7,11,13,18-19H,2-3,8-10H2,1H3,(H,16,20)/t11?,13-/m0/s1. The topological polar surface area (TPSA) is 72.8 Å². The van der Waals surface area contributed by atoms with Crippen molar-refractivity contribution in [2.45, 2.75) is 38.3 Å². The fraction of sp³-hybridized carbons (Fsp3) is 0.533. The van der Waals surface area contributed by atoms with E-state index in [2.05, 4.69) is 5.32 Å². The summed E-state index contributed by atoms with van der Waals surface area (Å²) in [6.07, 6.45) is 2.53. The smallest absolute Gasteiger partial charge is 0.317 e. The van der Waals surface area contributed by atoms with Gasteiger partial charge in [0.2, 0.25) is 0 Å². The maximum atomic E-state index is 12.1. The van der Waals surface area contributed by atoms with Crippen LogP contribution in [0.15, 0.2) is 24.3 Å². The monoisotopic (exact) mass is 278 g/mol. The molecule has 1 fully saturated rings. The molecule has 1 unspecified atom stereocenters. The summed E-state index contributed by atoms with van der Waals surface area (Å²) in [6.45, 7) is 2.69. The Morgan fingerprint density at radius 3 is 2.80 bits per heavy atom. The molecule has 1 heterocycles. The molecule has 0 radical (unpaired) electrons. The van der Waals surface area contributed by atoms with Crippen LogP contribution in [-0.4, -0.2) is 46.4 Å². The molecular weight excluding hydrogens is 256 g/mol. The van der Waals surface area contributed by atoms with Gasteiger partial charge in [0.25, 0.3) is 0 Å². The Balaban J connectivity index is 1.86. The number of nitrogens with one attached hydrogen (secondary N) is 1. The minimum Gasteiger partial charge on any atom is -0.508 e. The second kappa shape index (κ2) is 6.61. The third-order valence-electron chi connectivity index (χ3n) is 3.70. The second-order valence-corrected chi connectivity index (χ2v) is 5.39. The number of nitrogens with zero attached hydrogens (tertiary/aromatic N) is 1. The van der Waals surface area contributed by atoms with Crippen molar-refractivity contribution in [2.24, 2.45) is 0 Å². The molecular formula is C15H22N2O3. The summed E-state index contributed by atoms with van der Waals surface area (Å²) < 4.78 is 0. The molecule has 1 aromatic rings. The average molecular weight is 278 g/mol. The van der Waals surface area contributed by atoms with Crippen molar-refractivity contribution >= 4 is 6.03 Å². The molecule has 1 aliphatic rings. The number of aliphatic hydroxyl groups excluding tert-OH is 1. The van der Waals surface area contributed by atoms with Crippen LogP contribution in [-0.2, 0) is 6.42 Å². The zero-order valence-corrected chi connectivity index (χ0v) is 11.7. The van der Waals surface area contributed by atoms with E-state index >= 15 is 0 Å². The first-order valence-corrected chi connectivity index (χ1v) is 7.06. The lowest BCUT2D eigenvalue weighted by Gasteiger charge is -2.25. The van der Waals surface area contributed by atoms with E-state index in [1.165, 1.54) is 0 Å². The number of aromatic hydroxyl groups is 1. The van der Waals surface area contributed by atoms with Gasteiger partial charge in [0, 0.05) is 12.6 Å². The van der Waals surface area contributed by atoms with Crippen molar-refractivity contribution in [3.63, 3.8) is 0 Å². The van der Waals surface area contributed by atoms with E-state index in [4.69, 9.17) is 0 Å². The highest BCUT2D eigenvalue weighted by Gasteiger charge is 2.28. The average Bonchev–Trinajstić information content (AvgIpc) is 2.89. The SMILES string of the molecule is CC(Cc1ccc(O)cc1)NC(=O)N1CCC[C@H]1CO. The van der Waals surface area contributed by atoms with E-state index in [1.54, 1.807) is 17.0 Å². The molecule has 3 N–H and O–H groups in total. The molecule has 2 atom stereocenters. The molecule has 0 aliphatic carbocycles. The van der Waals surface area contributed by atoms with Gasteiger partial charge in [-0.3, -0.25) is 0 Å². The van der Waals surface area contributed by atoms with E-state index in [1.807, 2.05) is 19.1 Å². The number of rotatable bonds is 4. The molecule has 0 aromatic heterocycles. The summed E-state index contributed by atoms with van der Waals surface area (Å²) in [5.41, 5.74) is 1.07. The van der Waals surface area contributed by atoms with E-state index in [0.29, 0.717) is 13.0 Å². The molecule has 0 spiro atoms. The van der Waals surface area contributed by atoms with Gasteiger partial charge in [-0.15, -0.1) is 0 Å². The molecule has 1 aliphatic heterocycles. The van der Waals surface area contributed by atoms with Crippen molar-refractivity contribution in [1.82, 2.24) is 10.2 Å². The van der Waals surface area contributed by atoms with Crippen LogP contribution in [0.1, 0.15) is 25.3 Å². The van der Waals surface area contributed by atoms with Crippen LogP contribution in [0.5, 0.6) is 5.75 Å². The number of likely N-dealkylation sites (tertiary alicyclic amines) is 1. The van der Waals surface area contributed by atoms with Crippen LogP contribution in [0, 0.1) is 0 Å². The lowest BCUT2D eigenvalue weighted by Crippen LogP contribution is -2.47. The van der Waals surface area contributed by atoms with Gasteiger partial charge in [0.1, 0.15) is 5.75 Å². The summed E-state index contributed by atoms with van der Waals surface area (Å²) in [7, 11) is 0. The minimum absolute atomic E-state index is 0.00647. The molecule has 5 heteroatoms. The van der Waals surface area contributed by atoms with Crippen LogP contribution in [0.3, 0.4) is 0 Å². The molecule has 1 aromatic carbocycles. The van der Waals surface area contributed by atoms with Crippen molar-refractivity contribution < 1.29 is 15.0 Å². The molecule has 20 heavy (non-hydrogen) atoms. The number of amides is 2. The van der Waals surface area contributed by atoms with E-state index in [0.717, 1.165) is 18.4 Å². The van der Waals surface area contributed by atoms with Gasteiger partial charge >= 0.3 is 6.03 Å². The van der Waals surface area contributed by atoms with Gasteiger partial charge in [-0.2, -0.15) is 0 Å². The first-order chi connectivity index (χ1) is 9.60. The number of phenols is 1. The Kier molecular flexibility index (Phi) is 4.84. The minimum atomic E-state index is -0.104. The van der Waals surface area contributed by atoms with Crippen LogP contribution in [0.2, 0.25) is 0 Å². The van der Waals surface area contributed by atoms with Gasteiger partial charge in [0.15, 0.2) is 0 Å². The predicted molar refractivity (Wildman–Crippen MR) is 76.6 cm³/mol. The fourth-order valence-electron chi connectivity index (χ4n) is 2.62. The zero-order valence-electron chi connectivity index (χ0n) is 11.7. The quantitative estimate of drug-likeness (QED) is 0.781. The van der Waals surface area contributed by atoms with Crippen molar-refractivity contribution in [3.8, 4) is 5.75 Å². The zero-order chi connectivity index (χ0) is 14.5. The van der Waals surface area contributed by atoms with Gasteiger partial charge in [0.05, 0.1) is 12.6 Å². The van der Waals surface area contributed by atoms with Crippen LogP contribution in [0.25, 0.3) is 0 Å². The second-order valence-electron chi connectivity index (χ2n) is 5.39. The van der Waals surface area contributed by atoms with Crippen LogP contribution in [0.4, 0.5) is 4.79 Å².